The number of aliphatic hydroxyl groups is 1. The molecule has 3 N–H and O–H groups in total. The first kappa shape index (κ1) is 20.7. The lowest BCUT2D eigenvalue weighted by Gasteiger charge is -2.39. The van der Waals surface area contributed by atoms with Gasteiger partial charge in [0.1, 0.15) is 0 Å². The number of carbonyl (C=O) groups excluding carboxylic acids is 1. The molecule has 0 radical (unpaired) electrons. The van der Waals surface area contributed by atoms with Crippen molar-refractivity contribution in [2.45, 2.75) is 38.7 Å². The molecule has 0 aromatic carbocycles. The van der Waals surface area contributed by atoms with Crippen LogP contribution in [-0.2, 0) is 16.3 Å². The summed E-state index contributed by atoms with van der Waals surface area (Å²) in [5.74, 6) is -5.32. The second kappa shape index (κ2) is 7.43. The summed E-state index contributed by atoms with van der Waals surface area (Å²) in [5.41, 5.74) is 6.38. The van der Waals surface area contributed by atoms with E-state index in [0.29, 0.717) is 18.2 Å². The molecule has 1 aliphatic rings. The van der Waals surface area contributed by atoms with E-state index in [1.807, 2.05) is 13.0 Å². The van der Waals surface area contributed by atoms with E-state index in [9.17, 15) is 18.7 Å². The number of halogens is 2. The van der Waals surface area contributed by atoms with Crippen molar-refractivity contribution in [3.05, 3.63) is 53.1 Å². The molecule has 8 nitrogen and oxygen atoms in total. The number of nitrogens with two attached hydrogens (primary N) is 1. The Labute approximate surface area is 166 Å². The van der Waals surface area contributed by atoms with Gasteiger partial charge >= 0.3 is 5.92 Å². The number of hydrogen-bond acceptors (Lipinski definition) is 6. The number of tetrazole rings is 1. The van der Waals surface area contributed by atoms with Gasteiger partial charge in [-0.05, 0) is 46.7 Å². The van der Waals surface area contributed by atoms with Crippen LogP contribution in [0.2, 0.25) is 0 Å². The number of allylic oxidation sites excluding steroid dienone is 3. The summed E-state index contributed by atoms with van der Waals surface area (Å²) in [4.78, 5) is 16.4. The van der Waals surface area contributed by atoms with E-state index in [2.05, 4.69) is 20.5 Å². The Kier molecular flexibility index (Phi) is 5.31. The average molecular weight is 404 g/mol. The minimum atomic E-state index is -3.34. The molecule has 2 aromatic rings. The first-order valence-corrected chi connectivity index (χ1v) is 9.03. The average Bonchev–Trinajstić information content (AvgIpc) is 3.18. The predicted octanol–water partition coefficient (Wildman–Crippen LogP) is 1.71. The molecule has 0 bridgehead atoms. The molecule has 2 aromatic heterocycles. The minimum Gasteiger partial charge on any atom is -0.396 e. The van der Waals surface area contributed by atoms with Gasteiger partial charge in [0.25, 0.3) is 0 Å². The summed E-state index contributed by atoms with van der Waals surface area (Å²) in [6.07, 6.45) is 4.86. The molecule has 2 atom stereocenters. The van der Waals surface area contributed by atoms with Gasteiger partial charge in [-0.25, -0.2) is 4.68 Å². The van der Waals surface area contributed by atoms with Crippen LogP contribution in [-0.4, -0.2) is 42.8 Å². The van der Waals surface area contributed by atoms with Crippen LogP contribution in [0.1, 0.15) is 37.4 Å². The number of aliphatic hydroxyl groups excluding tert-OH is 1. The molecule has 1 amide bonds. The number of amides is 1. The maximum atomic E-state index is 14.2. The highest BCUT2D eigenvalue weighted by Gasteiger charge is 2.46. The summed E-state index contributed by atoms with van der Waals surface area (Å²) in [7, 11) is 0. The Hall–Kier alpha value is -3.01. The topological polar surface area (TPSA) is 120 Å². The highest BCUT2D eigenvalue weighted by molar-refractivity contribution is 5.96. The van der Waals surface area contributed by atoms with E-state index in [1.165, 1.54) is 0 Å². The van der Waals surface area contributed by atoms with Crippen molar-refractivity contribution < 1.29 is 18.7 Å². The van der Waals surface area contributed by atoms with Crippen LogP contribution >= 0.6 is 0 Å². The molecule has 29 heavy (non-hydrogen) atoms. The Morgan fingerprint density at radius 3 is 2.72 bits per heavy atom. The highest BCUT2D eigenvalue weighted by atomic mass is 19.3. The van der Waals surface area contributed by atoms with Gasteiger partial charge in [0.05, 0.1) is 11.2 Å². The zero-order valence-electron chi connectivity index (χ0n) is 16.3. The number of rotatable bonds is 6. The summed E-state index contributed by atoms with van der Waals surface area (Å²) in [6.45, 7) is 3.88. The van der Waals surface area contributed by atoms with Crippen LogP contribution in [0, 0.1) is 12.8 Å². The largest absolute Gasteiger partial charge is 0.396 e. The molecule has 2 heterocycles. The van der Waals surface area contributed by atoms with Crippen molar-refractivity contribution in [2.75, 3.05) is 6.61 Å². The van der Waals surface area contributed by atoms with E-state index in [4.69, 9.17) is 5.73 Å². The predicted molar refractivity (Wildman–Crippen MR) is 100 cm³/mol. The molecule has 154 valence electrons. The highest BCUT2D eigenvalue weighted by Crippen LogP contribution is 2.43. The lowest BCUT2D eigenvalue weighted by atomic mass is 9.74. The molecule has 1 unspecified atom stereocenters. The fraction of sp³-hybridized carbons (Fsp3) is 0.421. The molecular formula is C19H22F2N6O2. The van der Waals surface area contributed by atoms with Crippen LogP contribution in [0.15, 0.2) is 36.1 Å². The number of pyridine rings is 1. The van der Waals surface area contributed by atoms with Gasteiger partial charge in [-0.15, -0.1) is 5.10 Å². The third-order valence-corrected chi connectivity index (χ3v) is 5.12. The van der Waals surface area contributed by atoms with Crippen molar-refractivity contribution in [1.82, 2.24) is 25.2 Å². The zero-order chi connectivity index (χ0) is 21.4. The van der Waals surface area contributed by atoms with E-state index in [-0.39, 0.29) is 18.6 Å². The lowest BCUT2D eigenvalue weighted by Crippen LogP contribution is -2.46. The minimum absolute atomic E-state index is 0.0481. The fourth-order valence-electron chi connectivity index (χ4n) is 3.41. The number of aryl methyl sites for hydroxylation is 1. The van der Waals surface area contributed by atoms with E-state index in [1.54, 1.807) is 31.3 Å². The Morgan fingerprint density at radius 1 is 1.45 bits per heavy atom. The maximum Gasteiger partial charge on any atom is 0.305 e. The number of alkyl halides is 2. The van der Waals surface area contributed by atoms with Crippen LogP contribution in [0.25, 0.3) is 5.57 Å². The van der Waals surface area contributed by atoms with E-state index >= 15 is 0 Å². The summed E-state index contributed by atoms with van der Waals surface area (Å²) in [5, 5.41) is 20.6. The molecule has 0 fully saturated rings. The number of hydrogen-bond donors (Lipinski definition) is 2. The van der Waals surface area contributed by atoms with Crippen LogP contribution in [0.4, 0.5) is 8.78 Å². The lowest BCUT2D eigenvalue weighted by molar-refractivity contribution is -0.115. The van der Waals surface area contributed by atoms with Gasteiger partial charge in [0.2, 0.25) is 11.7 Å². The van der Waals surface area contributed by atoms with Gasteiger partial charge in [-0.2, -0.15) is 8.78 Å². The molecule has 1 aliphatic carbocycles. The monoisotopic (exact) mass is 404 g/mol. The maximum absolute atomic E-state index is 14.2. The number of carbonyl (C=O) groups is 1. The Balaban J connectivity index is 2.28. The fourth-order valence-corrected chi connectivity index (χ4v) is 3.41. The van der Waals surface area contributed by atoms with Gasteiger partial charge in [-0.3, -0.25) is 9.78 Å². The smallest absolute Gasteiger partial charge is 0.305 e. The molecule has 3 rings (SSSR count). The first-order valence-electron chi connectivity index (χ1n) is 9.03. The molecule has 10 heteroatoms. The van der Waals surface area contributed by atoms with Crippen molar-refractivity contribution in [2.24, 2.45) is 11.7 Å². The quantitative estimate of drug-likeness (QED) is 0.756. The third-order valence-electron chi connectivity index (χ3n) is 5.12. The summed E-state index contributed by atoms with van der Waals surface area (Å²) < 4.78 is 29.4. The van der Waals surface area contributed by atoms with Crippen molar-refractivity contribution >= 4 is 11.5 Å². The first-order chi connectivity index (χ1) is 13.6. The van der Waals surface area contributed by atoms with Gasteiger partial charge < -0.3 is 10.8 Å². The molecule has 0 saturated heterocycles. The second-order valence-electron chi connectivity index (χ2n) is 7.41. The Bertz CT molecular complexity index is 977. The summed E-state index contributed by atoms with van der Waals surface area (Å²) >= 11 is 0. The van der Waals surface area contributed by atoms with Crippen LogP contribution in [0.5, 0.6) is 0 Å². The standard InChI is InChI=1S/C19H22F2N6O2/c1-11-4-5-15(23-9-11)13-6-14(16(22)29)8-19(7-13,12(2)10-28)27-17(18(3,20)21)24-25-26-27/h4-7,9,12,28H,8,10H2,1-3H3,(H2,22,29)/t12-,19?/m1/s1. The number of nitrogens with zero attached hydrogens (tertiary/aromatic N) is 5. The molecule has 0 spiro atoms. The van der Waals surface area contributed by atoms with E-state index in [0.717, 1.165) is 10.2 Å². The number of primary amides is 1. The van der Waals surface area contributed by atoms with Crippen molar-refractivity contribution in [3.63, 3.8) is 0 Å². The van der Waals surface area contributed by atoms with Gasteiger partial charge in [0.15, 0.2) is 0 Å². The van der Waals surface area contributed by atoms with E-state index < -0.39 is 29.1 Å². The zero-order valence-corrected chi connectivity index (χ0v) is 16.3. The summed E-state index contributed by atoms with van der Waals surface area (Å²) in [6, 6.07) is 3.60. The second-order valence-corrected chi connectivity index (χ2v) is 7.41. The Morgan fingerprint density at radius 2 is 2.17 bits per heavy atom. The number of aromatic nitrogens is 5. The van der Waals surface area contributed by atoms with Gasteiger partial charge in [-0.1, -0.05) is 13.0 Å². The molecule has 0 aliphatic heterocycles. The molecular weight excluding hydrogens is 382 g/mol. The van der Waals surface area contributed by atoms with Gasteiger partial charge in [0, 0.05) is 37.6 Å². The molecule has 0 saturated carbocycles. The normalized spacial score (nSPS) is 20.8. The van der Waals surface area contributed by atoms with Crippen LogP contribution < -0.4 is 5.73 Å². The van der Waals surface area contributed by atoms with Crippen LogP contribution in [0.3, 0.4) is 0 Å². The van der Waals surface area contributed by atoms with Crippen molar-refractivity contribution in [3.8, 4) is 0 Å². The SMILES string of the molecule is Cc1ccc(C2=CC([C@H](C)CO)(n3nnnc3C(C)(F)F)CC(C(N)=O)=C2)nc1. The third kappa shape index (κ3) is 3.80. The van der Waals surface area contributed by atoms with Crippen molar-refractivity contribution in [1.29, 1.82) is 0 Å².